The van der Waals surface area contributed by atoms with Crippen LogP contribution in [0, 0.1) is 6.92 Å². The number of hydrogen-bond donors (Lipinski definition) is 2. The molecule has 1 unspecified atom stereocenters. The summed E-state index contributed by atoms with van der Waals surface area (Å²) in [6, 6.07) is 0. The van der Waals surface area contributed by atoms with Crippen LogP contribution in [0.3, 0.4) is 0 Å². The molecule has 12 heavy (non-hydrogen) atoms. The molecule has 1 aromatic rings. The Hall–Kier alpha value is 0.100. The van der Waals surface area contributed by atoms with Gasteiger partial charge in [-0.25, -0.2) is 0 Å². The van der Waals surface area contributed by atoms with Gasteiger partial charge in [0.2, 0.25) is 0 Å². The molecule has 0 amide bonds. The third-order valence-electron chi connectivity index (χ3n) is 1.80. The first kappa shape index (κ1) is 10.2. The normalized spacial score (nSPS) is 13.3. The van der Waals surface area contributed by atoms with Gasteiger partial charge in [0.1, 0.15) is 0 Å². The Bertz CT molecular complexity index is 258. The van der Waals surface area contributed by atoms with Crippen molar-refractivity contribution in [2.75, 3.05) is 13.2 Å². The summed E-state index contributed by atoms with van der Waals surface area (Å²) < 4.78 is 1.09. The molecule has 0 radical (unpaired) electrons. The molecule has 0 aliphatic heterocycles. The van der Waals surface area contributed by atoms with E-state index in [0.717, 1.165) is 9.35 Å². The van der Waals surface area contributed by atoms with Gasteiger partial charge >= 0.3 is 0 Å². The number of aliphatic hydroxyl groups is 1. The number of nitrogens with two attached hydrogens (primary N) is 1. The molecule has 1 atom stereocenters. The van der Waals surface area contributed by atoms with E-state index in [4.69, 9.17) is 10.8 Å². The maximum atomic E-state index is 9.02. The summed E-state index contributed by atoms with van der Waals surface area (Å²) in [5.74, 6) is 0.0816. The van der Waals surface area contributed by atoms with Gasteiger partial charge in [0.05, 0.1) is 6.61 Å². The van der Waals surface area contributed by atoms with Crippen molar-refractivity contribution < 1.29 is 5.11 Å². The third kappa shape index (κ3) is 1.88. The van der Waals surface area contributed by atoms with E-state index in [1.807, 2.05) is 6.92 Å². The van der Waals surface area contributed by atoms with E-state index in [9.17, 15) is 0 Å². The third-order valence-corrected chi connectivity index (χ3v) is 4.38. The predicted octanol–water partition coefficient (Wildman–Crippen LogP) is 1.85. The summed E-state index contributed by atoms with van der Waals surface area (Å²) >= 11 is 5.12. The first-order valence-corrected chi connectivity index (χ1v) is 5.42. The molecule has 0 aliphatic carbocycles. The van der Waals surface area contributed by atoms with Crippen molar-refractivity contribution in [1.29, 1.82) is 0 Å². The average molecular weight is 250 g/mol. The summed E-state index contributed by atoms with van der Waals surface area (Å²) in [5.41, 5.74) is 6.73. The van der Waals surface area contributed by atoms with Crippen molar-refractivity contribution >= 4 is 27.3 Å². The van der Waals surface area contributed by atoms with Crippen LogP contribution in [0.5, 0.6) is 0 Å². The minimum Gasteiger partial charge on any atom is -0.396 e. The lowest BCUT2D eigenvalue weighted by atomic mass is 10.1. The predicted molar refractivity (Wildman–Crippen MR) is 55.6 cm³/mol. The molecule has 0 fully saturated rings. The van der Waals surface area contributed by atoms with Crippen molar-refractivity contribution in [3.05, 3.63) is 20.3 Å². The van der Waals surface area contributed by atoms with Gasteiger partial charge in [-0.1, -0.05) is 0 Å². The Morgan fingerprint density at radius 2 is 2.42 bits per heavy atom. The summed E-state index contributed by atoms with van der Waals surface area (Å²) in [4.78, 5) is 1.15. The van der Waals surface area contributed by atoms with Crippen molar-refractivity contribution in [3.8, 4) is 0 Å². The zero-order chi connectivity index (χ0) is 9.14. The molecule has 0 aliphatic rings. The summed E-state index contributed by atoms with van der Waals surface area (Å²) in [5, 5.41) is 11.1. The Labute approximate surface area is 84.5 Å². The molecular formula is C8H12BrNOS. The maximum Gasteiger partial charge on any atom is 0.0520 e. The zero-order valence-corrected chi connectivity index (χ0v) is 9.28. The molecule has 0 spiro atoms. The van der Waals surface area contributed by atoms with E-state index in [0.29, 0.717) is 6.54 Å². The maximum absolute atomic E-state index is 9.02. The summed E-state index contributed by atoms with van der Waals surface area (Å²) in [6.07, 6.45) is 0. The number of rotatable bonds is 3. The van der Waals surface area contributed by atoms with Gasteiger partial charge in [-0.2, -0.15) is 0 Å². The minimum atomic E-state index is 0.0816. The van der Waals surface area contributed by atoms with Crippen LogP contribution in [0.1, 0.15) is 16.4 Å². The Morgan fingerprint density at radius 3 is 2.75 bits per heavy atom. The van der Waals surface area contributed by atoms with E-state index >= 15 is 0 Å². The standard InChI is InChI=1S/C8H12BrNOS/c1-5-4-12-8(7(5)9)6(2-10)3-11/h4,6,11H,2-3,10H2,1H3. The minimum absolute atomic E-state index is 0.0816. The van der Waals surface area contributed by atoms with Gasteiger partial charge in [0.15, 0.2) is 0 Å². The number of halogens is 1. The van der Waals surface area contributed by atoms with E-state index in [1.165, 1.54) is 5.56 Å². The first-order valence-electron chi connectivity index (χ1n) is 3.75. The van der Waals surface area contributed by atoms with Crippen molar-refractivity contribution in [1.82, 2.24) is 0 Å². The molecule has 2 nitrogen and oxygen atoms in total. The number of hydrogen-bond acceptors (Lipinski definition) is 3. The van der Waals surface area contributed by atoms with Gasteiger partial charge in [0, 0.05) is 21.8 Å². The smallest absolute Gasteiger partial charge is 0.0520 e. The fourth-order valence-electron chi connectivity index (χ4n) is 0.990. The van der Waals surface area contributed by atoms with Crippen LogP contribution in [-0.2, 0) is 0 Å². The van der Waals surface area contributed by atoms with Gasteiger partial charge in [-0.05, 0) is 33.8 Å². The fraction of sp³-hybridized carbons (Fsp3) is 0.500. The summed E-state index contributed by atoms with van der Waals surface area (Å²) in [6.45, 7) is 2.65. The summed E-state index contributed by atoms with van der Waals surface area (Å²) in [7, 11) is 0. The Morgan fingerprint density at radius 1 is 1.75 bits per heavy atom. The molecule has 0 saturated heterocycles. The quantitative estimate of drug-likeness (QED) is 0.860. The molecule has 1 rings (SSSR count). The van der Waals surface area contributed by atoms with Crippen LogP contribution in [0.4, 0.5) is 0 Å². The highest BCUT2D eigenvalue weighted by Crippen LogP contribution is 2.33. The topological polar surface area (TPSA) is 46.2 Å². The van der Waals surface area contributed by atoms with Crippen LogP contribution in [0.2, 0.25) is 0 Å². The number of aryl methyl sites for hydroxylation is 1. The molecule has 0 aromatic carbocycles. The van der Waals surface area contributed by atoms with Gasteiger partial charge in [0.25, 0.3) is 0 Å². The molecule has 4 heteroatoms. The largest absolute Gasteiger partial charge is 0.396 e. The van der Waals surface area contributed by atoms with Gasteiger partial charge in [-0.3, -0.25) is 0 Å². The van der Waals surface area contributed by atoms with Gasteiger partial charge in [-0.15, -0.1) is 11.3 Å². The van der Waals surface area contributed by atoms with Crippen LogP contribution in [-0.4, -0.2) is 18.3 Å². The second-order valence-corrected chi connectivity index (χ2v) is 4.42. The SMILES string of the molecule is Cc1csc(C(CN)CO)c1Br. The number of aliphatic hydroxyl groups excluding tert-OH is 1. The highest BCUT2D eigenvalue weighted by atomic mass is 79.9. The van der Waals surface area contributed by atoms with Crippen LogP contribution < -0.4 is 5.73 Å². The highest BCUT2D eigenvalue weighted by molar-refractivity contribution is 9.10. The van der Waals surface area contributed by atoms with Crippen LogP contribution in [0.15, 0.2) is 9.85 Å². The van der Waals surface area contributed by atoms with Gasteiger partial charge < -0.3 is 10.8 Å². The fourth-order valence-corrected chi connectivity index (χ4v) is 2.91. The monoisotopic (exact) mass is 249 g/mol. The van der Waals surface area contributed by atoms with E-state index in [1.54, 1.807) is 11.3 Å². The highest BCUT2D eigenvalue weighted by Gasteiger charge is 2.14. The second-order valence-electron chi connectivity index (χ2n) is 2.71. The zero-order valence-electron chi connectivity index (χ0n) is 6.88. The molecule has 0 saturated carbocycles. The van der Waals surface area contributed by atoms with Crippen molar-refractivity contribution in [2.45, 2.75) is 12.8 Å². The molecule has 68 valence electrons. The van der Waals surface area contributed by atoms with E-state index < -0.39 is 0 Å². The van der Waals surface area contributed by atoms with Crippen molar-refractivity contribution in [2.24, 2.45) is 5.73 Å². The molecule has 0 bridgehead atoms. The van der Waals surface area contributed by atoms with Crippen LogP contribution >= 0.6 is 27.3 Å². The molecule has 1 heterocycles. The van der Waals surface area contributed by atoms with E-state index in [-0.39, 0.29) is 12.5 Å². The lowest BCUT2D eigenvalue weighted by molar-refractivity contribution is 0.269. The Kier molecular flexibility index (Phi) is 3.71. The molecular weight excluding hydrogens is 238 g/mol. The van der Waals surface area contributed by atoms with Crippen LogP contribution in [0.25, 0.3) is 0 Å². The lowest BCUT2D eigenvalue weighted by Gasteiger charge is -2.09. The second kappa shape index (κ2) is 4.37. The average Bonchev–Trinajstić information content (AvgIpc) is 2.38. The molecule has 1 aromatic heterocycles. The molecule has 3 N–H and O–H groups in total. The Balaban J connectivity index is 2.93. The van der Waals surface area contributed by atoms with Crippen molar-refractivity contribution in [3.63, 3.8) is 0 Å². The lowest BCUT2D eigenvalue weighted by Crippen LogP contribution is -2.15. The van der Waals surface area contributed by atoms with E-state index in [2.05, 4.69) is 21.3 Å². The first-order chi connectivity index (χ1) is 5.70. The number of thiophene rings is 1.